The molecule has 2 radical (unpaired) electrons. The zero-order chi connectivity index (χ0) is 96.3. The van der Waals surface area contributed by atoms with Crippen molar-refractivity contribution >= 4 is 150 Å². The van der Waals surface area contributed by atoms with Crippen molar-refractivity contribution in [3.63, 3.8) is 0 Å². The van der Waals surface area contributed by atoms with Gasteiger partial charge in [0.05, 0.1) is 45.5 Å². The highest BCUT2D eigenvalue weighted by Crippen LogP contribution is 2.52. The van der Waals surface area contributed by atoms with Crippen molar-refractivity contribution in [3.8, 4) is 0 Å². The molecule has 0 spiro atoms. The molecule has 17 aromatic carbocycles. The Kier molecular flexibility index (Phi) is 26.2. The van der Waals surface area contributed by atoms with Gasteiger partial charge in [-0.15, -0.1) is 0 Å². The first-order valence-electron chi connectivity index (χ1n) is 47.8. The summed E-state index contributed by atoms with van der Waals surface area (Å²) in [5, 5.41) is 0. The summed E-state index contributed by atoms with van der Waals surface area (Å²) in [6, 6.07) is 119. The van der Waals surface area contributed by atoms with Gasteiger partial charge in [-0.3, -0.25) is 0 Å². The SMILES string of the molecule is [B]c1cc(C)c(N(c2ccc(N(c3ccc(N(c4ccc(C)cc4)c4ccc(N(c5ccc(N(c6ccc(C)cc6)c6ccc(N(c7ccc(N(c8c(C)cc(C)cc8C)c8c(C)cc(C)cc8C)cc7)c7c(C)cc(C)cc7C)cc6)cc5)c5ccc(N(c6c(C)cc(C)cc6C)c6c(C)cc(C)cc6C)cc5)cc4)cc3)c3c(C)cc(C)cc3C)cc2)c2c(C)cc(C)cc2C)c(C)c1. The average Bonchev–Trinajstić information content (AvgIpc) is 0.758. The number of rotatable bonds is 24. The van der Waals surface area contributed by atoms with Crippen molar-refractivity contribution < 1.29 is 0 Å². The normalized spacial score (nSPS) is 11.3. The Hall–Kier alpha value is -14.8. The quantitative estimate of drug-likeness (QED) is 0.0552. The summed E-state index contributed by atoms with van der Waals surface area (Å²) in [5.41, 5.74) is 57.3. The van der Waals surface area contributed by atoms with Gasteiger partial charge in [0.2, 0.25) is 0 Å². The highest BCUT2D eigenvalue weighted by Gasteiger charge is 2.30. The van der Waals surface area contributed by atoms with Crippen molar-refractivity contribution in [1.82, 2.24) is 0 Å². The first-order chi connectivity index (χ1) is 65.1. The van der Waals surface area contributed by atoms with Crippen molar-refractivity contribution in [2.75, 3.05) is 39.2 Å². The maximum atomic E-state index is 6.54. The number of aryl methyl sites for hydroxylation is 25. The van der Waals surface area contributed by atoms with Gasteiger partial charge in [0, 0.05) is 91.0 Å². The van der Waals surface area contributed by atoms with Crippen LogP contribution in [0.3, 0.4) is 0 Å². The highest BCUT2D eigenvalue weighted by molar-refractivity contribution is 6.32. The van der Waals surface area contributed by atoms with E-state index in [9.17, 15) is 0 Å². The van der Waals surface area contributed by atoms with Crippen LogP contribution in [0.25, 0.3) is 0 Å². The molecular weight excluding hydrogens is 1650 g/mol. The first-order valence-corrected chi connectivity index (χ1v) is 47.8. The summed E-state index contributed by atoms with van der Waals surface area (Å²) < 4.78 is 0. The maximum Gasteiger partial charge on any atom is 0.113 e. The van der Waals surface area contributed by atoms with Crippen LogP contribution in [0.15, 0.2) is 315 Å². The van der Waals surface area contributed by atoms with Gasteiger partial charge in [-0.2, -0.15) is 0 Å². The first kappa shape index (κ1) is 93.0. The van der Waals surface area contributed by atoms with E-state index in [1.54, 1.807) is 0 Å². The topological polar surface area (TPSA) is 25.9 Å². The molecular formula is C127H127BN8. The molecule has 0 saturated carbocycles. The smallest absolute Gasteiger partial charge is 0.113 e. The summed E-state index contributed by atoms with van der Waals surface area (Å²) in [6.45, 7) is 55.5. The molecule has 17 rings (SSSR count). The number of benzene rings is 17. The van der Waals surface area contributed by atoms with Crippen LogP contribution in [0.4, 0.5) is 136 Å². The van der Waals surface area contributed by atoms with Crippen LogP contribution >= 0.6 is 0 Å². The van der Waals surface area contributed by atoms with Gasteiger partial charge < -0.3 is 39.2 Å². The number of anilines is 24. The van der Waals surface area contributed by atoms with E-state index in [1.807, 2.05) is 0 Å². The van der Waals surface area contributed by atoms with E-state index in [1.165, 1.54) is 156 Å². The number of hydrogen-bond acceptors (Lipinski definition) is 8. The Morgan fingerprint density at radius 1 is 0.110 bits per heavy atom. The van der Waals surface area contributed by atoms with E-state index in [-0.39, 0.29) is 0 Å². The predicted molar refractivity (Wildman–Crippen MR) is 588 cm³/mol. The molecule has 0 aliphatic heterocycles. The molecule has 0 aliphatic rings. The average molecular weight is 1780 g/mol. The summed E-state index contributed by atoms with van der Waals surface area (Å²) in [4.78, 5) is 19.5. The fraction of sp³-hybridized carbons (Fsp3) is 0.197. The molecule has 17 aromatic rings. The Morgan fingerprint density at radius 2 is 0.206 bits per heavy atom. The maximum absolute atomic E-state index is 6.54. The third-order valence-corrected chi connectivity index (χ3v) is 26.9. The van der Waals surface area contributed by atoms with Crippen molar-refractivity contribution in [3.05, 3.63) is 455 Å². The van der Waals surface area contributed by atoms with Gasteiger partial charge in [0.25, 0.3) is 0 Å². The lowest BCUT2D eigenvalue weighted by Gasteiger charge is -2.33. The molecule has 0 bridgehead atoms. The lowest BCUT2D eigenvalue weighted by atomic mass is 9.90. The number of hydrogen-bond donors (Lipinski definition) is 0. The standard InChI is InChI=1S/C127H127BN8/c1-78-26-30-104(31-27-78)129(110-42-48-113(49-43-110)132(120-87(10)62-80(3)63-88(120)11)115-52-58-118(59-53-115)135(124-95(18)70-84(7)71-96(124)19)125-97(20)72-85(8)73-98(125)21)106-34-38-108(39-35-106)131(112-46-56-117(57-47-112)134(122-91(14)66-82(5)67-92(122)15)123-93(16)68-83(6)69-94(123)17)109-40-36-107(37-41-109)130(105-32-28-79(2)29-33-105)111-44-50-114(51-45-111)133(121-89(12)64-81(4)65-90(121)13)116-54-60-119(61-55-116)136(126-99(22)74-86(9)75-100(126)23)127-101(24)76-103(128)77-102(127)25/h26-77H,1-25H3. The van der Waals surface area contributed by atoms with E-state index in [4.69, 9.17) is 7.85 Å². The zero-order valence-corrected chi connectivity index (χ0v) is 84.2. The van der Waals surface area contributed by atoms with Gasteiger partial charge in [-0.1, -0.05) is 177 Å². The fourth-order valence-electron chi connectivity index (χ4n) is 21.9. The second-order valence-corrected chi connectivity index (χ2v) is 38.7. The molecule has 8 nitrogen and oxygen atoms in total. The van der Waals surface area contributed by atoms with E-state index in [2.05, 4.69) is 528 Å². The second kappa shape index (κ2) is 38.3. The van der Waals surface area contributed by atoms with Crippen LogP contribution in [-0.4, -0.2) is 7.85 Å². The van der Waals surface area contributed by atoms with Crippen molar-refractivity contribution in [2.24, 2.45) is 0 Å². The molecule has 0 aromatic heterocycles. The minimum Gasteiger partial charge on any atom is -0.311 e. The molecule has 0 unspecified atom stereocenters. The molecule has 0 heterocycles. The number of nitrogens with zero attached hydrogens (tertiary/aromatic N) is 8. The van der Waals surface area contributed by atoms with Crippen molar-refractivity contribution in [2.45, 2.75) is 173 Å². The minimum atomic E-state index is 0.760. The fourth-order valence-corrected chi connectivity index (χ4v) is 21.9. The predicted octanol–water partition coefficient (Wildman–Crippen LogP) is 35.9. The molecule has 136 heavy (non-hydrogen) atoms. The van der Waals surface area contributed by atoms with Gasteiger partial charge in [-0.25, -0.2) is 0 Å². The Labute approximate surface area is 811 Å². The largest absolute Gasteiger partial charge is 0.311 e. The van der Waals surface area contributed by atoms with Gasteiger partial charge in [-0.05, 0) is 456 Å². The summed E-state index contributed by atoms with van der Waals surface area (Å²) in [7, 11) is 6.54. The second-order valence-electron chi connectivity index (χ2n) is 38.7. The minimum absolute atomic E-state index is 0.760. The molecule has 0 atom stereocenters. The van der Waals surface area contributed by atoms with E-state index in [0.717, 1.165) is 125 Å². The van der Waals surface area contributed by atoms with Crippen LogP contribution in [0.5, 0.6) is 0 Å². The van der Waals surface area contributed by atoms with E-state index < -0.39 is 0 Å². The lowest BCUT2D eigenvalue weighted by Crippen LogP contribution is -2.18. The van der Waals surface area contributed by atoms with Gasteiger partial charge in [0.15, 0.2) is 0 Å². The van der Waals surface area contributed by atoms with Crippen LogP contribution in [0, 0.1) is 173 Å². The molecule has 9 heteroatoms. The van der Waals surface area contributed by atoms with Crippen LogP contribution in [0.1, 0.15) is 139 Å². The molecule has 0 amide bonds. The summed E-state index contributed by atoms with van der Waals surface area (Å²) in [5.74, 6) is 0. The Balaban J connectivity index is 0.761. The highest BCUT2D eigenvalue weighted by atomic mass is 15.2. The van der Waals surface area contributed by atoms with E-state index in [0.29, 0.717) is 0 Å². The zero-order valence-electron chi connectivity index (χ0n) is 84.2. The van der Waals surface area contributed by atoms with Gasteiger partial charge >= 0.3 is 0 Å². The summed E-state index contributed by atoms with van der Waals surface area (Å²) >= 11 is 0. The third kappa shape index (κ3) is 18.6. The molecule has 0 saturated heterocycles. The van der Waals surface area contributed by atoms with Crippen LogP contribution < -0.4 is 44.7 Å². The van der Waals surface area contributed by atoms with E-state index >= 15 is 0 Å². The molecule has 678 valence electrons. The monoisotopic (exact) mass is 1780 g/mol. The molecule has 0 aliphatic carbocycles. The molecule has 0 N–H and O–H groups in total. The Morgan fingerprint density at radius 3 is 0.338 bits per heavy atom. The summed E-state index contributed by atoms with van der Waals surface area (Å²) in [6.07, 6.45) is 0. The van der Waals surface area contributed by atoms with Crippen LogP contribution in [-0.2, 0) is 0 Å². The Bertz CT molecular complexity index is 6640. The van der Waals surface area contributed by atoms with Crippen molar-refractivity contribution in [1.29, 1.82) is 0 Å². The third-order valence-electron chi connectivity index (χ3n) is 26.9. The van der Waals surface area contributed by atoms with Gasteiger partial charge in [0.1, 0.15) is 7.85 Å². The lowest BCUT2D eigenvalue weighted by molar-refractivity contribution is 1.16. The molecule has 0 fully saturated rings. The van der Waals surface area contributed by atoms with Crippen LogP contribution in [0.2, 0.25) is 0 Å².